The lowest BCUT2D eigenvalue weighted by atomic mass is 9.99. The molecule has 1 atom stereocenters. The number of alkyl halides is 4. The number of pyridine rings is 2. The Hall–Kier alpha value is -3.42. The van der Waals surface area contributed by atoms with Crippen LogP contribution in [0.3, 0.4) is 0 Å². The van der Waals surface area contributed by atoms with E-state index in [0.29, 0.717) is 17.9 Å². The lowest BCUT2D eigenvalue weighted by Crippen LogP contribution is -2.28. The molecule has 0 unspecified atom stereocenters. The minimum absolute atomic E-state index is 0.00239. The maximum atomic E-state index is 13.4. The highest BCUT2D eigenvalue weighted by atomic mass is 127. The van der Waals surface area contributed by atoms with Crippen molar-refractivity contribution in [1.29, 1.82) is 0 Å². The zero-order chi connectivity index (χ0) is 31.7. The van der Waals surface area contributed by atoms with E-state index in [9.17, 15) is 37.2 Å². The van der Waals surface area contributed by atoms with Crippen molar-refractivity contribution in [3.8, 4) is 21.7 Å². The fraction of sp³-hybridized carbons (Fsp3) is 0.208. The van der Waals surface area contributed by atoms with Crippen molar-refractivity contribution in [3.05, 3.63) is 63.5 Å². The van der Waals surface area contributed by atoms with Crippen molar-refractivity contribution in [1.82, 2.24) is 19.9 Å². The number of carboxylic acids is 1. The normalized spacial score (nSPS) is 12.7. The van der Waals surface area contributed by atoms with E-state index in [1.807, 2.05) is 0 Å². The van der Waals surface area contributed by atoms with Gasteiger partial charge in [0.1, 0.15) is 20.4 Å². The van der Waals surface area contributed by atoms with Crippen LogP contribution in [0.2, 0.25) is 0 Å². The van der Waals surface area contributed by atoms with Crippen LogP contribution >= 0.6 is 41.8 Å². The number of fused-ring (bicyclic) bond motifs is 1. The molecule has 3 heterocycles. The third-order valence-corrected chi connectivity index (χ3v) is 8.08. The van der Waals surface area contributed by atoms with Gasteiger partial charge in [-0.3, -0.25) is 14.6 Å². The highest BCUT2D eigenvalue weighted by Gasteiger charge is 2.34. The molecule has 43 heavy (non-hydrogen) atoms. The molecule has 0 aliphatic rings. The second-order valence-electron chi connectivity index (χ2n) is 8.67. The quantitative estimate of drug-likeness (QED) is 0.0874. The monoisotopic (exact) mass is 753 g/mol. The molecule has 5 N–H and O–H groups in total. The highest BCUT2D eigenvalue weighted by molar-refractivity contribution is 14.1. The lowest BCUT2D eigenvalue weighted by molar-refractivity contribution is -0.140. The molecule has 0 aliphatic heterocycles. The van der Waals surface area contributed by atoms with Crippen molar-refractivity contribution < 1.29 is 46.7 Å². The van der Waals surface area contributed by atoms with E-state index in [2.05, 4.69) is 25.1 Å². The zero-order valence-corrected chi connectivity index (χ0v) is 25.5. The summed E-state index contributed by atoms with van der Waals surface area (Å²) in [5.74, 6) is -1.56. The summed E-state index contributed by atoms with van der Waals surface area (Å²) in [6.45, 7) is 1.45. The Kier molecular flexibility index (Phi) is 9.57. The summed E-state index contributed by atoms with van der Waals surface area (Å²) < 4.78 is 56.2. The Balaban J connectivity index is 1.91. The number of benzene rings is 1. The minimum atomic E-state index is -4.86. The number of anilines is 1. The van der Waals surface area contributed by atoms with E-state index in [1.54, 1.807) is 29.5 Å². The minimum Gasteiger partial charge on any atom is -0.477 e. The van der Waals surface area contributed by atoms with Gasteiger partial charge in [0.05, 0.1) is 12.1 Å². The number of nitrogens with zero attached hydrogens (tertiary/aromatic N) is 3. The molecule has 4 aromatic rings. The molecule has 1 aromatic carbocycles. The Morgan fingerprint density at radius 3 is 2.56 bits per heavy atom. The molecule has 0 fully saturated rings. The highest BCUT2D eigenvalue weighted by Crippen LogP contribution is 2.40. The summed E-state index contributed by atoms with van der Waals surface area (Å²) in [5, 5.41) is 15.3. The van der Waals surface area contributed by atoms with Crippen LogP contribution in [-0.2, 0) is 15.3 Å². The van der Waals surface area contributed by atoms with E-state index in [0.717, 1.165) is 11.6 Å². The SMILES string of the molecule is CCNC(=O)Nc1cc(-c2nc(C(F)(F)F)cs2)c(-c2ccc3c(c2)c(=O)c(C(=O)O)cn3[C@@H](I)COP(=O)(O)O)cn1. The number of hydrogen-bond donors (Lipinski definition) is 5. The average molecular weight is 753 g/mol. The Morgan fingerprint density at radius 1 is 1.23 bits per heavy atom. The number of thiazole rings is 1. The molecule has 19 heteroatoms. The van der Waals surface area contributed by atoms with Gasteiger partial charge >= 0.3 is 26.0 Å². The van der Waals surface area contributed by atoms with Crippen LogP contribution in [0, 0.1) is 0 Å². The smallest absolute Gasteiger partial charge is 0.469 e. The number of nitrogens with one attached hydrogen (secondary N) is 2. The summed E-state index contributed by atoms with van der Waals surface area (Å²) in [7, 11) is -4.86. The maximum Gasteiger partial charge on any atom is 0.469 e. The van der Waals surface area contributed by atoms with E-state index in [1.165, 1.54) is 35.0 Å². The third kappa shape index (κ3) is 7.57. The number of aromatic carboxylic acids is 1. The lowest BCUT2D eigenvalue weighted by Gasteiger charge is -2.19. The average Bonchev–Trinajstić information content (AvgIpc) is 3.43. The van der Waals surface area contributed by atoms with E-state index >= 15 is 0 Å². The number of hydrogen-bond acceptors (Lipinski definition) is 8. The first-order chi connectivity index (χ1) is 20.1. The van der Waals surface area contributed by atoms with Crippen molar-refractivity contribution >= 4 is 70.5 Å². The van der Waals surface area contributed by atoms with Crippen LogP contribution in [0.15, 0.2) is 46.8 Å². The molecule has 3 aromatic heterocycles. The van der Waals surface area contributed by atoms with Crippen molar-refractivity contribution in [2.75, 3.05) is 18.5 Å². The van der Waals surface area contributed by atoms with Gasteiger partial charge in [-0.1, -0.05) is 28.7 Å². The predicted molar refractivity (Wildman–Crippen MR) is 158 cm³/mol. The molecular formula is C24H20F3IN5O8PS. The number of amides is 2. The molecule has 228 valence electrons. The van der Waals surface area contributed by atoms with Gasteiger partial charge in [0.2, 0.25) is 5.43 Å². The van der Waals surface area contributed by atoms with Gasteiger partial charge in [0, 0.05) is 40.8 Å². The van der Waals surface area contributed by atoms with Crippen LogP contribution < -0.4 is 16.1 Å². The molecule has 0 saturated heterocycles. The molecule has 4 rings (SSSR count). The van der Waals surface area contributed by atoms with Crippen molar-refractivity contribution in [3.63, 3.8) is 0 Å². The first kappa shape index (κ1) is 32.5. The molecule has 0 spiro atoms. The van der Waals surface area contributed by atoms with E-state index in [-0.39, 0.29) is 38.4 Å². The number of urea groups is 1. The number of phosphoric ester groups is 1. The van der Waals surface area contributed by atoms with Gasteiger partial charge in [-0.25, -0.2) is 24.1 Å². The largest absolute Gasteiger partial charge is 0.477 e. The maximum absolute atomic E-state index is 13.4. The second-order valence-corrected chi connectivity index (χ2v) is 12.2. The number of carbonyl (C=O) groups is 2. The van der Waals surface area contributed by atoms with Gasteiger partial charge in [-0.2, -0.15) is 13.2 Å². The van der Waals surface area contributed by atoms with Crippen LogP contribution in [-0.4, -0.2) is 54.6 Å². The van der Waals surface area contributed by atoms with Gasteiger partial charge in [0.25, 0.3) is 0 Å². The van der Waals surface area contributed by atoms with Crippen molar-refractivity contribution in [2.24, 2.45) is 0 Å². The molecule has 0 bridgehead atoms. The number of phosphoric acid groups is 1. The second kappa shape index (κ2) is 12.7. The summed E-state index contributed by atoms with van der Waals surface area (Å²) >= 11 is 2.45. The summed E-state index contributed by atoms with van der Waals surface area (Å²) in [4.78, 5) is 63.1. The van der Waals surface area contributed by atoms with Crippen LogP contribution in [0.4, 0.5) is 23.8 Å². The summed E-state index contributed by atoms with van der Waals surface area (Å²) in [6.07, 6.45) is -2.43. The van der Waals surface area contributed by atoms with Crippen molar-refractivity contribution in [2.45, 2.75) is 17.1 Å². The van der Waals surface area contributed by atoms with Gasteiger partial charge < -0.3 is 24.8 Å². The standard InChI is InChI=1S/C24H20F3IN5O8PS/c1-2-29-23(37)32-19-6-12(21-31-17(10-43-21)24(25,26)27)14(7-30-19)11-3-4-16-13(5-11)20(34)15(22(35)36)8-33(16)18(28)9-41-42(38,39)40/h3-8,10,18H,2,9H2,1H3,(H,35,36)(H2,38,39,40)(H2,29,30,32,37)/t18-/m1/s1. The molecule has 2 amide bonds. The number of carbonyl (C=O) groups excluding carboxylic acids is 1. The predicted octanol–water partition coefficient (Wildman–Crippen LogP) is 5.09. The number of rotatable bonds is 9. The van der Waals surface area contributed by atoms with Crippen LogP contribution in [0.1, 0.15) is 27.0 Å². The molecule has 0 aliphatic carbocycles. The molecule has 0 radical (unpaired) electrons. The Labute approximate surface area is 257 Å². The molecule has 13 nitrogen and oxygen atoms in total. The fourth-order valence-corrected chi connectivity index (χ4v) is 6.04. The van der Waals surface area contributed by atoms with Gasteiger partial charge in [-0.05, 0) is 30.7 Å². The number of aromatic nitrogens is 3. The first-order valence-electron chi connectivity index (χ1n) is 11.9. The first-order valence-corrected chi connectivity index (χ1v) is 15.6. The number of carboxylic acid groups (broad SMARTS) is 1. The van der Waals surface area contributed by atoms with Crippen LogP contribution in [0.5, 0.6) is 0 Å². The topological polar surface area (TPSA) is 193 Å². The van der Waals surface area contributed by atoms with Gasteiger partial charge in [-0.15, -0.1) is 11.3 Å². The third-order valence-electron chi connectivity index (χ3n) is 5.76. The van der Waals surface area contributed by atoms with Crippen LogP contribution in [0.25, 0.3) is 32.6 Å². The number of halogens is 4. The Morgan fingerprint density at radius 2 is 1.95 bits per heavy atom. The Bertz CT molecular complexity index is 1830. The van der Waals surface area contributed by atoms with Gasteiger partial charge in [0.15, 0.2) is 5.69 Å². The fourth-order valence-electron chi connectivity index (χ4n) is 3.93. The zero-order valence-electron chi connectivity index (χ0n) is 21.6. The van der Waals surface area contributed by atoms with E-state index in [4.69, 9.17) is 9.79 Å². The summed E-state index contributed by atoms with van der Waals surface area (Å²) in [5.41, 5.74) is -1.86. The summed E-state index contributed by atoms with van der Waals surface area (Å²) in [6, 6.07) is 4.98. The molecule has 0 saturated carbocycles. The molecular weight excluding hydrogens is 733 g/mol. The van der Waals surface area contributed by atoms with E-state index < -0.39 is 53.3 Å².